The van der Waals surface area contributed by atoms with Gasteiger partial charge in [0.2, 0.25) is 0 Å². The molecule has 5 aromatic carbocycles. The molecule has 2 heteroatoms. The molecule has 0 spiro atoms. The molecule has 0 N–H and O–H groups in total. The van der Waals surface area contributed by atoms with Gasteiger partial charge in [0.1, 0.15) is 0 Å². The lowest BCUT2D eigenvalue weighted by molar-refractivity contribution is 0.773. The molecule has 0 aliphatic heterocycles. The van der Waals surface area contributed by atoms with Crippen LogP contribution in [-0.2, 0) is 5.41 Å². The average molecular weight is 511 g/mol. The molecule has 37 heavy (non-hydrogen) atoms. The van der Waals surface area contributed by atoms with Gasteiger partial charge in [-0.2, -0.15) is 0 Å². The van der Waals surface area contributed by atoms with Gasteiger partial charge in [0.25, 0.3) is 0 Å². The van der Waals surface area contributed by atoms with E-state index in [-0.39, 0.29) is 0 Å². The van der Waals surface area contributed by atoms with Gasteiger partial charge in [0.05, 0.1) is 5.41 Å². The second kappa shape index (κ2) is 8.88. The van der Waals surface area contributed by atoms with E-state index in [0.29, 0.717) is 0 Å². The molecule has 0 bridgehead atoms. The third-order valence-electron chi connectivity index (χ3n) is 7.42. The Morgan fingerprint density at radius 2 is 1.00 bits per heavy atom. The predicted molar refractivity (Wildman–Crippen MR) is 158 cm³/mol. The van der Waals surface area contributed by atoms with Crippen molar-refractivity contribution >= 4 is 22.9 Å². The lowest BCUT2D eigenvalue weighted by Gasteiger charge is -2.34. The monoisotopic (exact) mass is 510 g/mol. The van der Waals surface area contributed by atoms with Crippen molar-refractivity contribution in [1.29, 1.82) is 0 Å². The summed E-state index contributed by atoms with van der Waals surface area (Å²) >= 11 is 8.65. The minimum atomic E-state index is -0.493. The van der Waals surface area contributed by atoms with Crippen LogP contribution in [0.1, 0.15) is 22.3 Å². The van der Waals surface area contributed by atoms with Crippen LogP contribution in [0.25, 0.3) is 32.0 Å². The van der Waals surface area contributed by atoms with Gasteiger partial charge < -0.3 is 0 Å². The summed E-state index contributed by atoms with van der Waals surface area (Å²) < 4.78 is 0. The van der Waals surface area contributed by atoms with Crippen LogP contribution >= 0.6 is 22.9 Å². The summed E-state index contributed by atoms with van der Waals surface area (Å²) in [6, 6.07) is 49.9. The molecular formula is C35H23ClS. The molecule has 0 radical (unpaired) electrons. The fraction of sp³-hybridized carbons (Fsp3) is 0.0286. The van der Waals surface area contributed by atoms with Crippen molar-refractivity contribution < 1.29 is 0 Å². The Labute approximate surface area is 226 Å². The van der Waals surface area contributed by atoms with Gasteiger partial charge in [0.15, 0.2) is 0 Å². The summed E-state index contributed by atoms with van der Waals surface area (Å²) in [5.74, 6) is 0. The molecule has 0 saturated heterocycles. The van der Waals surface area contributed by atoms with Crippen LogP contribution in [0.4, 0.5) is 0 Å². The molecule has 1 aliphatic rings. The van der Waals surface area contributed by atoms with Crippen LogP contribution in [0.3, 0.4) is 0 Å². The number of thiophene rings is 1. The van der Waals surface area contributed by atoms with Gasteiger partial charge in [-0.25, -0.2) is 0 Å². The van der Waals surface area contributed by atoms with Crippen molar-refractivity contribution in [2.75, 3.05) is 0 Å². The topological polar surface area (TPSA) is 0 Å². The third-order valence-corrected chi connectivity index (χ3v) is 8.95. The van der Waals surface area contributed by atoms with Gasteiger partial charge in [-0.15, -0.1) is 11.3 Å². The standard InChI is InChI=1S/C35H23ClS/c36-28-21-22-29-30(23-28)35(26-17-9-3-10-18-26,27-19-11-4-12-20-27)32-31(29)33(24-13-5-1-6-14-24)37-34(32)25-15-7-2-8-16-25/h1-23H. The van der Waals surface area contributed by atoms with Crippen molar-refractivity contribution in [3.63, 3.8) is 0 Å². The second-order valence-corrected chi connectivity index (χ2v) is 10.9. The van der Waals surface area contributed by atoms with E-state index in [2.05, 4.69) is 133 Å². The van der Waals surface area contributed by atoms with Gasteiger partial charge in [-0.05, 0) is 51.1 Å². The van der Waals surface area contributed by atoms with Gasteiger partial charge >= 0.3 is 0 Å². The van der Waals surface area contributed by atoms with Crippen LogP contribution in [0.5, 0.6) is 0 Å². The Morgan fingerprint density at radius 3 is 1.54 bits per heavy atom. The molecule has 0 saturated carbocycles. The maximum atomic E-state index is 6.75. The summed E-state index contributed by atoms with van der Waals surface area (Å²) in [6.07, 6.45) is 0. The Morgan fingerprint density at radius 1 is 0.514 bits per heavy atom. The fourth-order valence-corrected chi connectivity index (χ4v) is 7.51. The number of benzene rings is 5. The Kier molecular flexibility index (Phi) is 5.35. The van der Waals surface area contributed by atoms with Crippen LogP contribution < -0.4 is 0 Å². The zero-order valence-electron chi connectivity index (χ0n) is 20.1. The van der Waals surface area contributed by atoms with E-state index < -0.39 is 5.41 Å². The summed E-state index contributed by atoms with van der Waals surface area (Å²) in [4.78, 5) is 2.60. The molecule has 0 atom stereocenters. The van der Waals surface area contributed by atoms with E-state index in [0.717, 1.165) is 5.02 Å². The number of halogens is 1. The van der Waals surface area contributed by atoms with E-state index in [1.807, 2.05) is 17.4 Å². The lowest BCUT2D eigenvalue weighted by Crippen LogP contribution is -2.28. The van der Waals surface area contributed by atoms with Gasteiger partial charge in [-0.3, -0.25) is 0 Å². The van der Waals surface area contributed by atoms with Crippen LogP contribution in [0, 0.1) is 0 Å². The normalized spacial score (nSPS) is 13.2. The number of fused-ring (bicyclic) bond motifs is 3. The first kappa shape index (κ1) is 22.3. The summed E-state index contributed by atoms with van der Waals surface area (Å²) in [6.45, 7) is 0. The van der Waals surface area contributed by atoms with Crippen LogP contribution in [-0.4, -0.2) is 0 Å². The number of rotatable bonds is 4. The second-order valence-electron chi connectivity index (χ2n) is 9.41. The Balaban J connectivity index is 1.71. The molecule has 0 nitrogen and oxygen atoms in total. The molecule has 1 aliphatic carbocycles. The molecule has 6 aromatic rings. The summed E-state index contributed by atoms with van der Waals surface area (Å²) in [5.41, 5.74) is 9.63. The zero-order chi connectivity index (χ0) is 24.8. The van der Waals surface area contributed by atoms with Crippen LogP contribution in [0.15, 0.2) is 140 Å². The van der Waals surface area contributed by atoms with Crippen molar-refractivity contribution in [2.45, 2.75) is 5.41 Å². The van der Waals surface area contributed by atoms with Gasteiger partial charge in [0, 0.05) is 20.3 Å². The number of hydrogen-bond donors (Lipinski definition) is 0. The first-order chi connectivity index (χ1) is 18.3. The van der Waals surface area contributed by atoms with Gasteiger partial charge in [-0.1, -0.05) is 139 Å². The van der Waals surface area contributed by atoms with Crippen molar-refractivity contribution in [3.8, 4) is 32.0 Å². The first-order valence-electron chi connectivity index (χ1n) is 12.5. The Hall–Kier alpha value is -3.91. The molecule has 1 aromatic heterocycles. The highest BCUT2D eigenvalue weighted by atomic mass is 35.5. The van der Waals surface area contributed by atoms with Crippen LogP contribution in [0.2, 0.25) is 5.02 Å². The molecule has 0 fully saturated rings. The molecule has 0 amide bonds. The average Bonchev–Trinajstić information content (AvgIpc) is 3.49. The van der Waals surface area contributed by atoms with E-state index in [1.165, 1.54) is 54.3 Å². The smallest absolute Gasteiger partial charge is 0.0728 e. The molecule has 176 valence electrons. The maximum absolute atomic E-state index is 6.75. The minimum absolute atomic E-state index is 0.493. The van der Waals surface area contributed by atoms with Crippen molar-refractivity contribution in [1.82, 2.24) is 0 Å². The quantitative estimate of drug-likeness (QED) is 0.221. The van der Waals surface area contributed by atoms with E-state index >= 15 is 0 Å². The molecular weight excluding hydrogens is 488 g/mol. The highest BCUT2D eigenvalue weighted by Gasteiger charge is 2.50. The predicted octanol–water partition coefficient (Wildman–Crippen LogP) is 10.1. The van der Waals surface area contributed by atoms with Crippen molar-refractivity contribution in [3.05, 3.63) is 167 Å². The molecule has 0 unspecified atom stereocenters. The van der Waals surface area contributed by atoms with Crippen molar-refractivity contribution in [2.24, 2.45) is 0 Å². The first-order valence-corrected chi connectivity index (χ1v) is 13.7. The largest absolute Gasteiger partial charge is 0.134 e. The maximum Gasteiger partial charge on any atom is 0.0728 e. The lowest BCUT2D eigenvalue weighted by atomic mass is 9.67. The summed E-state index contributed by atoms with van der Waals surface area (Å²) in [5, 5.41) is 0.756. The van der Waals surface area contributed by atoms with E-state index in [1.54, 1.807) is 0 Å². The fourth-order valence-electron chi connectivity index (χ4n) is 5.95. The summed E-state index contributed by atoms with van der Waals surface area (Å²) in [7, 11) is 0. The zero-order valence-corrected chi connectivity index (χ0v) is 21.6. The number of hydrogen-bond acceptors (Lipinski definition) is 1. The minimum Gasteiger partial charge on any atom is -0.134 e. The third kappa shape index (κ3) is 3.35. The van der Waals surface area contributed by atoms with E-state index in [9.17, 15) is 0 Å². The highest BCUT2D eigenvalue weighted by Crippen LogP contribution is 2.64. The highest BCUT2D eigenvalue weighted by molar-refractivity contribution is 7.19. The molecule has 7 rings (SSSR count). The molecule has 1 heterocycles. The Bertz CT molecular complexity index is 1660. The SMILES string of the molecule is Clc1ccc2c(c1)C(c1ccccc1)(c1ccccc1)c1c(-c3ccccc3)sc(-c3ccccc3)c1-2. The van der Waals surface area contributed by atoms with E-state index in [4.69, 9.17) is 11.6 Å².